The molecule has 212 valence electrons. The minimum atomic E-state index is -4.44. The number of piperazine rings is 1. The summed E-state index contributed by atoms with van der Waals surface area (Å²) in [4.78, 5) is 30.7. The second kappa shape index (κ2) is 12.6. The minimum Gasteiger partial charge on any atom is -0.495 e. The van der Waals surface area contributed by atoms with Gasteiger partial charge in [-0.2, -0.15) is 13.2 Å². The Kier molecular flexibility index (Phi) is 9.21. The van der Waals surface area contributed by atoms with Crippen LogP contribution < -0.4 is 15.0 Å². The number of benzene rings is 2. The van der Waals surface area contributed by atoms with Gasteiger partial charge < -0.3 is 25.0 Å². The third-order valence-corrected chi connectivity index (χ3v) is 7.69. The van der Waals surface area contributed by atoms with E-state index in [1.807, 2.05) is 18.2 Å². The van der Waals surface area contributed by atoms with Gasteiger partial charge in [0.05, 0.1) is 18.4 Å². The fourth-order valence-electron chi connectivity index (χ4n) is 5.48. The number of anilines is 2. The van der Waals surface area contributed by atoms with E-state index in [0.717, 1.165) is 62.7 Å². The number of carboxylic acids is 1. The van der Waals surface area contributed by atoms with Crippen molar-refractivity contribution in [2.24, 2.45) is 11.8 Å². The van der Waals surface area contributed by atoms with Gasteiger partial charge in [-0.1, -0.05) is 12.1 Å². The first-order chi connectivity index (χ1) is 18.6. The molecule has 0 radical (unpaired) electrons. The van der Waals surface area contributed by atoms with Gasteiger partial charge in [0.15, 0.2) is 0 Å². The fraction of sp³-hybridized carbons (Fsp3) is 0.500. The van der Waals surface area contributed by atoms with Crippen LogP contribution in [0.1, 0.15) is 24.8 Å². The van der Waals surface area contributed by atoms with E-state index in [9.17, 15) is 27.9 Å². The van der Waals surface area contributed by atoms with E-state index in [1.54, 1.807) is 12.0 Å². The van der Waals surface area contributed by atoms with Gasteiger partial charge in [-0.15, -0.1) is 0 Å². The lowest BCUT2D eigenvalue weighted by Crippen LogP contribution is -2.49. The maximum Gasteiger partial charge on any atom is 0.416 e. The Morgan fingerprint density at radius 2 is 1.69 bits per heavy atom. The number of nitrogens with zero attached hydrogens (tertiary/aromatic N) is 3. The molecule has 2 saturated heterocycles. The van der Waals surface area contributed by atoms with Crippen molar-refractivity contribution in [2.75, 3.05) is 63.1 Å². The van der Waals surface area contributed by atoms with Crippen molar-refractivity contribution in [2.45, 2.75) is 25.4 Å². The van der Waals surface area contributed by atoms with Crippen LogP contribution in [0.5, 0.6) is 5.75 Å². The number of ether oxygens (including phenoxy) is 1. The number of hydrogen-bond donors (Lipinski definition) is 2. The summed E-state index contributed by atoms with van der Waals surface area (Å²) >= 11 is 0. The van der Waals surface area contributed by atoms with Crippen molar-refractivity contribution in [3.05, 3.63) is 54.1 Å². The maximum absolute atomic E-state index is 12.9. The molecule has 2 N–H and O–H groups in total. The first-order valence-corrected chi connectivity index (χ1v) is 13.2. The van der Waals surface area contributed by atoms with Gasteiger partial charge in [0, 0.05) is 51.4 Å². The lowest BCUT2D eigenvalue weighted by Gasteiger charge is -2.40. The molecule has 0 aliphatic carbocycles. The largest absolute Gasteiger partial charge is 0.495 e. The van der Waals surface area contributed by atoms with Crippen molar-refractivity contribution in [3.63, 3.8) is 0 Å². The van der Waals surface area contributed by atoms with Gasteiger partial charge in [0.1, 0.15) is 5.75 Å². The number of para-hydroxylation sites is 2. The first-order valence-electron chi connectivity index (χ1n) is 13.2. The van der Waals surface area contributed by atoms with E-state index in [1.165, 1.54) is 12.1 Å². The molecule has 2 unspecified atom stereocenters. The molecule has 8 nitrogen and oxygen atoms in total. The normalized spacial score (nSPS) is 20.5. The molecule has 0 saturated carbocycles. The smallest absolute Gasteiger partial charge is 0.416 e. The summed E-state index contributed by atoms with van der Waals surface area (Å²) in [5.74, 6) is -0.0228. The Bertz CT molecular complexity index is 1120. The van der Waals surface area contributed by atoms with Gasteiger partial charge in [-0.05, 0) is 67.6 Å². The van der Waals surface area contributed by atoms with Crippen LogP contribution in [0.25, 0.3) is 0 Å². The van der Waals surface area contributed by atoms with E-state index in [0.29, 0.717) is 19.5 Å². The fourth-order valence-corrected chi connectivity index (χ4v) is 5.48. The number of carbonyl (C=O) groups excluding carboxylic acids is 1. The van der Waals surface area contributed by atoms with Gasteiger partial charge in [-0.25, -0.2) is 4.79 Å². The highest BCUT2D eigenvalue weighted by atomic mass is 19.4. The van der Waals surface area contributed by atoms with E-state index in [-0.39, 0.29) is 30.0 Å². The zero-order chi connectivity index (χ0) is 28.0. The van der Waals surface area contributed by atoms with Crippen molar-refractivity contribution in [1.29, 1.82) is 0 Å². The Morgan fingerprint density at radius 3 is 2.33 bits per heavy atom. The lowest BCUT2D eigenvalue weighted by atomic mass is 9.81. The molecule has 2 aliphatic heterocycles. The van der Waals surface area contributed by atoms with Crippen LogP contribution in [-0.2, 0) is 11.0 Å². The number of nitrogens with one attached hydrogen (secondary N) is 1. The van der Waals surface area contributed by atoms with Crippen LogP contribution in [0.2, 0.25) is 0 Å². The number of alkyl halides is 3. The Hall–Kier alpha value is -3.47. The molecular weight excluding hydrogens is 513 g/mol. The summed E-state index contributed by atoms with van der Waals surface area (Å²) in [5, 5.41) is 12.1. The first kappa shape index (κ1) is 28.5. The Morgan fingerprint density at radius 1 is 1.00 bits per heavy atom. The Balaban J connectivity index is 1.32. The third kappa shape index (κ3) is 7.56. The van der Waals surface area contributed by atoms with Crippen LogP contribution in [0.4, 0.5) is 29.3 Å². The summed E-state index contributed by atoms with van der Waals surface area (Å²) in [7, 11) is 1.67. The van der Waals surface area contributed by atoms with Gasteiger partial charge in [0.2, 0.25) is 0 Å². The molecule has 2 heterocycles. The second-order valence-corrected chi connectivity index (χ2v) is 10.1. The predicted molar refractivity (Wildman–Crippen MR) is 142 cm³/mol. The lowest BCUT2D eigenvalue weighted by molar-refractivity contribution is -0.139. The molecule has 0 spiro atoms. The number of likely N-dealkylation sites (tertiary alicyclic amines) is 1. The summed E-state index contributed by atoms with van der Waals surface area (Å²) < 4.78 is 44.0. The van der Waals surface area contributed by atoms with Crippen LogP contribution in [0, 0.1) is 11.8 Å². The molecule has 2 aromatic carbocycles. The number of carbonyl (C=O) groups is 2. The highest BCUT2D eigenvalue weighted by Crippen LogP contribution is 2.32. The van der Waals surface area contributed by atoms with Crippen LogP contribution in [0.15, 0.2) is 48.5 Å². The van der Waals surface area contributed by atoms with E-state index in [4.69, 9.17) is 4.74 Å². The molecule has 11 heteroatoms. The van der Waals surface area contributed by atoms with Gasteiger partial charge in [-0.3, -0.25) is 9.69 Å². The maximum atomic E-state index is 12.9. The summed E-state index contributed by atoms with van der Waals surface area (Å²) in [5.41, 5.74) is 0.576. The summed E-state index contributed by atoms with van der Waals surface area (Å²) in [6.07, 6.45) is -3.06. The number of urea groups is 1. The quantitative estimate of drug-likeness (QED) is 0.490. The van der Waals surface area contributed by atoms with Crippen LogP contribution >= 0.6 is 0 Å². The van der Waals surface area contributed by atoms with Crippen molar-refractivity contribution in [1.82, 2.24) is 9.80 Å². The monoisotopic (exact) mass is 548 g/mol. The highest BCUT2D eigenvalue weighted by molar-refractivity contribution is 5.89. The number of carboxylic acid groups (broad SMARTS) is 1. The van der Waals surface area contributed by atoms with Crippen molar-refractivity contribution < 1.29 is 32.6 Å². The van der Waals surface area contributed by atoms with E-state index in [2.05, 4.69) is 21.2 Å². The number of halogens is 3. The van der Waals surface area contributed by atoms with Crippen LogP contribution in [0.3, 0.4) is 0 Å². The highest BCUT2D eigenvalue weighted by Gasteiger charge is 2.34. The van der Waals surface area contributed by atoms with E-state index < -0.39 is 17.7 Å². The average Bonchev–Trinajstić information content (AvgIpc) is 2.92. The minimum absolute atomic E-state index is 0.0143. The second-order valence-electron chi connectivity index (χ2n) is 10.1. The van der Waals surface area contributed by atoms with Crippen molar-refractivity contribution in [3.8, 4) is 5.75 Å². The number of hydrogen-bond acceptors (Lipinski definition) is 5. The average molecular weight is 549 g/mol. The molecule has 39 heavy (non-hydrogen) atoms. The molecule has 2 amide bonds. The van der Waals surface area contributed by atoms with E-state index >= 15 is 0 Å². The van der Waals surface area contributed by atoms with Crippen LogP contribution in [-0.4, -0.2) is 79.8 Å². The number of aliphatic carboxylic acids is 1. The summed E-state index contributed by atoms with van der Waals surface area (Å²) in [6, 6.07) is 11.9. The molecule has 2 aromatic rings. The van der Waals surface area contributed by atoms with Gasteiger partial charge >= 0.3 is 18.2 Å². The molecule has 2 aliphatic rings. The topological polar surface area (TPSA) is 85.4 Å². The van der Waals surface area contributed by atoms with Gasteiger partial charge in [0.25, 0.3) is 0 Å². The number of piperidine rings is 1. The predicted octanol–water partition coefficient (Wildman–Crippen LogP) is 4.87. The molecule has 0 aromatic heterocycles. The third-order valence-electron chi connectivity index (χ3n) is 7.69. The molecular formula is C28H35F3N4O4. The zero-order valence-corrected chi connectivity index (χ0v) is 22.0. The number of methoxy groups -OCH3 is 1. The number of amides is 2. The SMILES string of the molecule is COc1ccccc1N1CCN(CCC2CN(C(=O)Nc3ccc(C(F)(F)F)cc3)CCC2CC(=O)O)CC1. The molecule has 2 fully saturated rings. The molecule has 2 atom stereocenters. The molecule has 4 rings (SSSR count). The summed E-state index contributed by atoms with van der Waals surface area (Å²) in [6.45, 7) is 5.05. The Labute approximate surface area is 226 Å². The standard InChI is InChI=1S/C28H35F3N4O4/c1-39-25-5-3-2-4-24(25)34-16-14-33(15-17-34)12-10-21-19-35(13-11-20(21)18-26(36)37)27(38)32-23-8-6-22(7-9-23)28(29,30)31/h2-9,20-21H,10-19H2,1H3,(H,32,38)(H,36,37). The molecule has 0 bridgehead atoms. The zero-order valence-electron chi connectivity index (χ0n) is 22.0. The van der Waals surface area contributed by atoms with Crippen molar-refractivity contribution >= 4 is 23.4 Å². The number of rotatable bonds is 8.